The van der Waals surface area contributed by atoms with Crippen LogP contribution in [0.4, 0.5) is 0 Å². The molecule has 0 saturated heterocycles. The zero-order valence-electron chi connectivity index (χ0n) is 9.45. The quantitative estimate of drug-likeness (QED) is 0.700. The van der Waals surface area contributed by atoms with Gasteiger partial charge in [0, 0.05) is 7.11 Å². The Labute approximate surface area is 86.5 Å². The van der Waals surface area contributed by atoms with Crippen molar-refractivity contribution in [2.45, 2.75) is 51.6 Å². The number of hydrogen-bond donors (Lipinski definition) is 1. The van der Waals surface area contributed by atoms with Crippen LogP contribution in [0, 0.1) is 5.92 Å². The molecule has 0 bridgehead atoms. The van der Waals surface area contributed by atoms with E-state index in [0.717, 1.165) is 5.92 Å². The van der Waals surface area contributed by atoms with Crippen LogP contribution in [0.1, 0.15) is 46.0 Å². The SMILES string of the molecule is COC(C)(C)C1CCCCC1.O=CO. The lowest BCUT2D eigenvalue weighted by Crippen LogP contribution is -2.34. The molecule has 1 rings (SSSR count). The molecule has 0 aromatic carbocycles. The second-order valence-corrected chi connectivity index (χ2v) is 4.25. The molecule has 1 aliphatic rings. The van der Waals surface area contributed by atoms with Gasteiger partial charge in [-0.1, -0.05) is 19.3 Å². The first-order valence-electron chi connectivity index (χ1n) is 5.21. The third-order valence-electron chi connectivity index (χ3n) is 3.11. The summed E-state index contributed by atoms with van der Waals surface area (Å²) in [5, 5.41) is 6.89. The average Bonchev–Trinajstić information content (AvgIpc) is 2.20. The summed E-state index contributed by atoms with van der Waals surface area (Å²) in [6.45, 7) is 4.17. The molecule has 84 valence electrons. The van der Waals surface area contributed by atoms with Crippen LogP contribution in [-0.4, -0.2) is 24.3 Å². The van der Waals surface area contributed by atoms with Gasteiger partial charge in [-0.15, -0.1) is 0 Å². The Morgan fingerprint density at radius 1 is 1.29 bits per heavy atom. The minimum absolute atomic E-state index is 0.112. The first kappa shape index (κ1) is 13.4. The second-order valence-electron chi connectivity index (χ2n) is 4.25. The van der Waals surface area contributed by atoms with Gasteiger partial charge in [0.15, 0.2) is 0 Å². The summed E-state index contributed by atoms with van der Waals surface area (Å²) in [4.78, 5) is 8.36. The van der Waals surface area contributed by atoms with Crippen LogP contribution in [0.3, 0.4) is 0 Å². The first-order chi connectivity index (χ1) is 6.58. The zero-order valence-corrected chi connectivity index (χ0v) is 9.45. The summed E-state index contributed by atoms with van der Waals surface area (Å²) in [7, 11) is 1.83. The van der Waals surface area contributed by atoms with Gasteiger partial charge in [-0.05, 0) is 32.6 Å². The molecule has 0 amide bonds. The van der Waals surface area contributed by atoms with Crippen molar-refractivity contribution in [3.05, 3.63) is 0 Å². The van der Waals surface area contributed by atoms with Crippen molar-refractivity contribution in [3.63, 3.8) is 0 Å². The number of rotatable bonds is 2. The van der Waals surface area contributed by atoms with Crippen LogP contribution in [0.5, 0.6) is 0 Å². The predicted molar refractivity (Wildman–Crippen MR) is 56.4 cm³/mol. The first-order valence-corrected chi connectivity index (χ1v) is 5.21. The highest BCUT2D eigenvalue weighted by molar-refractivity contribution is 5.32. The van der Waals surface area contributed by atoms with E-state index in [1.165, 1.54) is 32.1 Å². The van der Waals surface area contributed by atoms with Gasteiger partial charge in [-0.25, -0.2) is 0 Å². The Morgan fingerprint density at radius 3 is 2.07 bits per heavy atom. The number of carbonyl (C=O) groups is 1. The Morgan fingerprint density at radius 2 is 1.71 bits per heavy atom. The molecule has 0 aromatic heterocycles. The third-order valence-corrected chi connectivity index (χ3v) is 3.11. The molecule has 14 heavy (non-hydrogen) atoms. The van der Waals surface area contributed by atoms with Gasteiger partial charge in [0.1, 0.15) is 0 Å². The second kappa shape index (κ2) is 6.82. The lowest BCUT2D eigenvalue weighted by Gasteiger charge is -2.35. The fraction of sp³-hybridized carbons (Fsp3) is 0.909. The number of methoxy groups -OCH3 is 1. The van der Waals surface area contributed by atoms with Crippen LogP contribution in [0.2, 0.25) is 0 Å². The number of carboxylic acid groups (broad SMARTS) is 1. The summed E-state index contributed by atoms with van der Waals surface area (Å²) in [5.41, 5.74) is 0.112. The largest absolute Gasteiger partial charge is 0.483 e. The van der Waals surface area contributed by atoms with E-state index < -0.39 is 0 Å². The fourth-order valence-electron chi connectivity index (χ4n) is 1.96. The highest BCUT2D eigenvalue weighted by Crippen LogP contribution is 2.33. The van der Waals surface area contributed by atoms with Crippen LogP contribution in [-0.2, 0) is 9.53 Å². The summed E-state index contributed by atoms with van der Waals surface area (Å²) in [5.74, 6) is 0.793. The average molecular weight is 202 g/mol. The summed E-state index contributed by atoms with van der Waals surface area (Å²) in [6.07, 6.45) is 6.95. The lowest BCUT2D eigenvalue weighted by molar-refractivity contribution is -0.122. The molecule has 0 heterocycles. The van der Waals surface area contributed by atoms with Crippen molar-refractivity contribution < 1.29 is 14.6 Å². The zero-order chi connectivity index (χ0) is 11.0. The van der Waals surface area contributed by atoms with Crippen molar-refractivity contribution in [1.82, 2.24) is 0 Å². The van der Waals surface area contributed by atoms with E-state index in [2.05, 4.69) is 13.8 Å². The Balaban J connectivity index is 0.000000500. The molecule has 0 atom stereocenters. The van der Waals surface area contributed by atoms with Crippen LogP contribution in [0.25, 0.3) is 0 Å². The minimum atomic E-state index is -0.250. The van der Waals surface area contributed by atoms with E-state index in [-0.39, 0.29) is 12.1 Å². The van der Waals surface area contributed by atoms with E-state index >= 15 is 0 Å². The molecule has 0 aliphatic heterocycles. The van der Waals surface area contributed by atoms with Gasteiger partial charge < -0.3 is 9.84 Å². The van der Waals surface area contributed by atoms with Crippen LogP contribution >= 0.6 is 0 Å². The van der Waals surface area contributed by atoms with Gasteiger partial charge in [0.25, 0.3) is 6.47 Å². The molecule has 3 nitrogen and oxygen atoms in total. The monoisotopic (exact) mass is 202 g/mol. The maximum Gasteiger partial charge on any atom is 0.290 e. The fourth-order valence-corrected chi connectivity index (χ4v) is 1.96. The normalized spacial score (nSPS) is 18.2. The van der Waals surface area contributed by atoms with Crippen molar-refractivity contribution in [3.8, 4) is 0 Å². The van der Waals surface area contributed by atoms with Crippen molar-refractivity contribution in [2.75, 3.05) is 7.11 Å². The summed E-state index contributed by atoms with van der Waals surface area (Å²) < 4.78 is 5.48. The van der Waals surface area contributed by atoms with Gasteiger partial charge in [-0.3, -0.25) is 4.79 Å². The van der Waals surface area contributed by atoms with E-state index in [0.29, 0.717) is 0 Å². The summed E-state index contributed by atoms with van der Waals surface area (Å²) in [6, 6.07) is 0. The van der Waals surface area contributed by atoms with Gasteiger partial charge >= 0.3 is 0 Å². The maximum absolute atomic E-state index is 8.36. The van der Waals surface area contributed by atoms with Gasteiger partial charge in [0.2, 0.25) is 0 Å². The lowest BCUT2D eigenvalue weighted by atomic mass is 9.79. The van der Waals surface area contributed by atoms with Gasteiger partial charge in [-0.2, -0.15) is 0 Å². The molecule has 1 saturated carbocycles. The summed E-state index contributed by atoms with van der Waals surface area (Å²) >= 11 is 0. The maximum atomic E-state index is 8.36. The number of ether oxygens (including phenoxy) is 1. The van der Waals surface area contributed by atoms with Crippen LogP contribution < -0.4 is 0 Å². The van der Waals surface area contributed by atoms with E-state index in [1.807, 2.05) is 7.11 Å². The third kappa shape index (κ3) is 4.61. The van der Waals surface area contributed by atoms with E-state index in [1.54, 1.807) is 0 Å². The molecule has 1 aliphatic carbocycles. The topological polar surface area (TPSA) is 46.5 Å². The smallest absolute Gasteiger partial charge is 0.290 e. The molecule has 3 heteroatoms. The van der Waals surface area contributed by atoms with Crippen molar-refractivity contribution >= 4 is 6.47 Å². The molecular weight excluding hydrogens is 180 g/mol. The Bertz CT molecular complexity index is 149. The Kier molecular flexibility index (Phi) is 6.54. The van der Waals surface area contributed by atoms with E-state index in [9.17, 15) is 0 Å². The molecule has 1 fully saturated rings. The predicted octanol–water partition coefficient (Wildman–Crippen LogP) is 2.69. The highest BCUT2D eigenvalue weighted by atomic mass is 16.5. The minimum Gasteiger partial charge on any atom is -0.483 e. The Hall–Kier alpha value is -0.570. The van der Waals surface area contributed by atoms with Crippen molar-refractivity contribution in [1.29, 1.82) is 0 Å². The number of hydrogen-bond acceptors (Lipinski definition) is 2. The molecule has 0 unspecified atom stereocenters. The van der Waals surface area contributed by atoms with E-state index in [4.69, 9.17) is 14.6 Å². The van der Waals surface area contributed by atoms with Gasteiger partial charge in [0.05, 0.1) is 5.60 Å². The molecular formula is C11H22O3. The molecule has 1 N–H and O–H groups in total. The highest BCUT2D eigenvalue weighted by Gasteiger charge is 2.29. The van der Waals surface area contributed by atoms with Crippen molar-refractivity contribution in [2.24, 2.45) is 5.92 Å². The molecule has 0 radical (unpaired) electrons. The molecule has 0 aromatic rings. The molecule has 0 spiro atoms. The standard InChI is InChI=1S/C10H20O.CH2O2/c1-10(2,11-3)9-7-5-4-6-8-9;2-1-3/h9H,4-8H2,1-3H3;1H,(H,2,3). The van der Waals surface area contributed by atoms with Crippen LogP contribution in [0.15, 0.2) is 0 Å².